The van der Waals surface area contributed by atoms with Gasteiger partial charge in [-0.1, -0.05) is 12.1 Å². The Bertz CT molecular complexity index is 460. The molecule has 0 radical (unpaired) electrons. The maximum absolute atomic E-state index is 12.4. The molecule has 1 aliphatic rings. The van der Waals surface area contributed by atoms with Gasteiger partial charge in [0.1, 0.15) is 5.75 Å². The summed E-state index contributed by atoms with van der Waals surface area (Å²) in [5.74, 6) is 1.12. The lowest BCUT2D eigenvalue weighted by Gasteiger charge is -2.42. The van der Waals surface area contributed by atoms with Crippen molar-refractivity contribution in [3.63, 3.8) is 0 Å². The molecule has 1 aromatic carbocycles. The third-order valence-corrected chi connectivity index (χ3v) is 4.50. The minimum absolute atomic E-state index is 0.262. The predicted molar refractivity (Wildman–Crippen MR) is 84.6 cm³/mol. The van der Waals surface area contributed by atoms with Crippen LogP contribution in [0.3, 0.4) is 0 Å². The van der Waals surface area contributed by atoms with Gasteiger partial charge in [0, 0.05) is 31.6 Å². The highest BCUT2D eigenvalue weighted by Crippen LogP contribution is 2.16. The van der Waals surface area contributed by atoms with E-state index >= 15 is 0 Å². The van der Waals surface area contributed by atoms with Gasteiger partial charge in [0.2, 0.25) is 5.91 Å². The fourth-order valence-electron chi connectivity index (χ4n) is 2.81. The van der Waals surface area contributed by atoms with Crippen LogP contribution in [0.4, 0.5) is 0 Å². The highest BCUT2D eigenvalue weighted by Gasteiger charge is 2.28. The van der Waals surface area contributed by atoms with Crippen LogP contribution in [-0.2, 0) is 11.2 Å². The van der Waals surface area contributed by atoms with E-state index in [-0.39, 0.29) is 5.91 Å². The Labute approximate surface area is 127 Å². The third kappa shape index (κ3) is 3.97. The van der Waals surface area contributed by atoms with Gasteiger partial charge in [0.15, 0.2) is 0 Å². The molecule has 0 N–H and O–H groups in total. The molecule has 0 saturated carbocycles. The summed E-state index contributed by atoms with van der Waals surface area (Å²) in [7, 11) is 3.79. The fraction of sp³-hybridized carbons (Fsp3) is 0.588. The van der Waals surface area contributed by atoms with Crippen LogP contribution in [0, 0.1) is 0 Å². The smallest absolute Gasteiger partial charge is 0.223 e. The van der Waals surface area contributed by atoms with E-state index in [4.69, 9.17) is 4.74 Å². The molecule has 116 valence electrons. The van der Waals surface area contributed by atoms with Crippen molar-refractivity contribution in [1.82, 2.24) is 9.80 Å². The number of ether oxygens (including phenoxy) is 1. The van der Waals surface area contributed by atoms with E-state index in [0.29, 0.717) is 18.5 Å². The summed E-state index contributed by atoms with van der Waals surface area (Å²) < 4.78 is 5.14. The number of hydrogen-bond donors (Lipinski definition) is 0. The second-order valence-corrected chi connectivity index (χ2v) is 6.01. The van der Waals surface area contributed by atoms with Gasteiger partial charge in [-0.3, -0.25) is 9.69 Å². The molecule has 1 saturated heterocycles. The lowest BCUT2D eigenvalue weighted by molar-refractivity contribution is -0.135. The van der Waals surface area contributed by atoms with Gasteiger partial charge in [-0.25, -0.2) is 0 Å². The number of amides is 1. The van der Waals surface area contributed by atoms with Gasteiger partial charge < -0.3 is 9.64 Å². The third-order valence-electron chi connectivity index (χ3n) is 4.50. The molecule has 1 aromatic rings. The van der Waals surface area contributed by atoms with Crippen LogP contribution in [0.25, 0.3) is 0 Å². The molecular weight excluding hydrogens is 264 g/mol. The van der Waals surface area contributed by atoms with E-state index in [0.717, 1.165) is 25.3 Å². The second kappa shape index (κ2) is 6.94. The molecule has 4 heteroatoms. The molecule has 2 rings (SSSR count). The van der Waals surface area contributed by atoms with Crippen molar-refractivity contribution in [2.24, 2.45) is 0 Å². The first kappa shape index (κ1) is 15.8. The van der Waals surface area contributed by atoms with Crippen molar-refractivity contribution in [2.75, 3.05) is 27.2 Å². The lowest BCUT2D eigenvalue weighted by Crippen LogP contribution is -2.56. The van der Waals surface area contributed by atoms with Crippen molar-refractivity contribution in [2.45, 2.75) is 38.8 Å². The molecular formula is C17H26N2O2. The van der Waals surface area contributed by atoms with Crippen LogP contribution in [-0.4, -0.2) is 55.0 Å². The van der Waals surface area contributed by atoms with Crippen LogP contribution < -0.4 is 4.74 Å². The van der Waals surface area contributed by atoms with E-state index in [9.17, 15) is 4.79 Å². The highest BCUT2D eigenvalue weighted by atomic mass is 16.5. The SMILES string of the molecule is COc1ccc(CCC(=O)N2CC(C)N(C)C(C)C2)cc1. The summed E-state index contributed by atoms with van der Waals surface area (Å²) in [5.41, 5.74) is 1.18. The van der Waals surface area contributed by atoms with Crippen molar-refractivity contribution in [3.8, 4) is 5.75 Å². The van der Waals surface area contributed by atoms with E-state index < -0.39 is 0 Å². The molecule has 0 aromatic heterocycles. The summed E-state index contributed by atoms with van der Waals surface area (Å²) in [6.07, 6.45) is 1.37. The van der Waals surface area contributed by atoms with Crippen LogP contribution in [0.2, 0.25) is 0 Å². The molecule has 21 heavy (non-hydrogen) atoms. The van der Waals surface area contributed by atoms with Gasteiger partial charge in [-0.2, -0.15) is 0 Å². The Balaban J connectivity index is 1.86. The largest absolute Gasteiger partial charge is 0.497 e. The van der Waals surface area contributed by atoms with Crippen molar-refractivity contribution in [1.29, 1.82) is 0 Å². The van der Waals surface area contributed by atoms with E-state index in [2.05, 4.69) is 25.8 Å². The molecule has 2 atom stereocenters. The average molecular weight is 290 g/mol. The van der Waals surface area contributed by atoms with Gasteiger partial charge in [0.05, 0.1) is 7.11 Å². The van der Waals surface area contributed by atoms with E-state index in [1.807, 2.05) is 29.2 Å². The normalized spacial score (nSPS) is 23.1. The van der Waals surface area contributed by atoms with Crippen LogP contribution in [0.1, 0.15) is 25.8 Å². The molecule has 1 amide bonds. The number of carbonyl (C=O) groups excluding carboxylic acids is 1. The Morgan fingerprint density at radius 1 is 1.19 bits per heavy atom. The Morgan fingerprint density at radius 3 is 2.29 bits per heavy atom. The number of piperazine rings is 1. The number of benzene rings is 1. The molecule has 1 aliphatic heterocycles. The standard InChI is InChI=1S/C17H26N2O2/c1-13-11-19(12-14(2)18(13)3)17(20)10-7-15-5-8-16(21-4)9-6-15/h5-6,8-9,13-14H,7,10-12H2,1-4H3. The number of methoxy groups -OCH3 is 1. The maximum atomic E-state index is 12.4. The Morgan fingerprint density at radius 2 is 1.76 bits per heavy atom. The Hall–Kier alpha value is -1.55. The maximum Gasteiger partial charge on any atom is 0.223 e. The molecule has 1 fully saturated rings. The number of hydrogen-bond acceptors (Lipinski definition) is 3. The van der Waals surface area contributed by atoms with Crippen molar-refractivity contribution < 1.29 is 9.53 Å². The molecule has 2 unspecified atom stereocenters. The number of aryl methyl sites for hydroxylation is 1. The molecule has 0 spiro atoms. The van der Waals surface area contributed by atoms with Crippen molar-refractivity contribution in [3.05, 3.63) is 29.8 Å². The zero-order chi connectivity index (χ0) is 15.4. The van der Waals surface area contributed by atoms with Gasteiger partial charge >= 0.3 is 0 Å². The first-order chi connectivity index (χ1) is 10.0. The minimum atomic E-state index is 0.262. The minimum Gasteiger partial charge on any atom is -0.497 e. The van der Waals surface area contributed by atoms with Crippen LogP contribution >= 0.6 is 0 Å². The van der Waals surface area contributed by atoms with Gasteiger partial charge in [-0.15, -0.1) is 0 Å². The van der Waals surface area contributed by atoms with Crippen LogP contribution in [0.15, 0.2) is 24.3 Å². The summed E-state index contributed by atoms with van der Waals surface area (Å²) in [5, 5.41) is 0. The summed E-state index contributed by atoms with van der Waals surface area (Å²) in [4.78, 5) is 16.7. The molecule has 1 heterocycles. The highest BCUT2D eigenvalue weighted by molar-refractivity contribution is 5.76. The predicted octanol–water partition coefficient (Wildman–Crippen LogP) is 2.18. The zero-order valence-electron chi connectivity index (χ0n) is 13.5. The van der Waals surface area contributed by atoms with Gasteiger partial charge in [-0.05, 0) is 45.0 Å². The molecule has 0 aliphatic carbocycles. The average Bonchev–Trinajstić information content (AvgIpc) is 2.50. The molecule has 4 nitrogen and oxygen atoms in total. The summed E-state index contributed by atoms with van der Waals surface area (Å²) >= 11 is 0. The van der Waals surface area contributed by atoms with Crippen LogP contribution in [0.5, 0.6) is 5.75 Å². The summed E-state index contributed by atoms with van der Waals surface area (Å²) in [6.45, 7) is 6.03. The van der Waals surface area contributed by atoms with E-state index in [1.165, 1.54) is 5.56 Å². The second-order valence-electron chi connectivity index (χ2n) is 6.01. The topological polar surface area (TPSA) is 32.8 Å². The summed E-state index contributed by atoms with van der Waals surface area (Å²) in [6, 6.07) is 8.81. The Kier molecular flexibility index (Phi) is 5.23. The first-order valence-electron chi connectivity index (χ1n) is 7.64. The lowest BCUT2D eigenvalue weighted by atomic mass is 10.1. The van der Waals surface area contributed by atoms with Crippen molar-refractivity contribution >= 4 is 5.91 Å². The zero-order valence-corrected chi connectivity index (χ0v) is 13.5. The number of carbonyl (C=O) groups is 1. The number of likely N-dealkylation sites (N-methyl/N-ethyl adjacent to an activating group) is 1. The monoisotopic (exact) mass is 290 g/mol. The van der Waals surface area contributed by atoms with E-state index in [1.54, 1.807) is 7.11 Å². The fourth-order valence-corrected chi connectivity index (χ4v) is 2.81. The number of nitrogens with zero attached hydrogens (tertiary/aromatic N) is 2. The number of rotatable bonds is 4. The first-order valence-corrected chi connectivity index (χ1v) is 7.64. The quantitative estimate of drug-likeness (QED) is 0.852. The van der Waals surface area contributed by atoms with Gasteiger partial charge in [0.25, 0.3) is 0 Å². The molecule has 0 bridgehead atoms.